The van der Waals surface area contributed by atoms with Crippen LogP contribution in [0.5, 0.6) is 0 Å². The molecule has 1 aliphatic carbocycles. The predicted molar refractivity (Wildman–Crippen MR) is 80.6 cm³/mol. The Labute approximate surface area is 126 Å². The number of sulfonamides is 1. The smallest absolute Gasteiger partial charge is 0.247 e. The van der Waals surface area contributed by atoms with E-state index in [1.165, 1.54) is 0 Å². The van der Waals surface area contributed by atoms with E-state index in [1.807, 2.05) is 0 Å². The molecule has 1 saturated carbocycles. The van der Waals surface area contributed by atoms with E-state index in [2.05, 4.69) is 22.1 Å². The molecule has 1 N–H and O–H groups in total. The third-order valence-electron chi connectivity index (χ3n) is 4.55. The molecule has 118 valence electrons. The van der Waals surface area contributed by atoms with Crippen molar-refractivity contribution >= 4 is 10.0 Å². The van der Waals surface area contributed by atoms with E-state index in [9.17, 15) is 8.42 Å². The Kier molecular flexibility index (Phi) is 3.83. The number of aromatic nitrogens is 2. The van der Waals surface area contributed by atoms with E-state index in [-0.39, 0.29) is 12.1 Å². The molecule has 0 spiro atoms. The van der Waals surface area contributed by atoms with E-state index in [4.69, 9.17) is 0 Å². The molecule has 1 saturated heterocycles. The van der Waals surface area contributed by atoms with Crippen molar-refractivity contribution in [1.29, 1.82) is 0 Å². The zero-order valence-electron chi connectivity index (χ0n) is 13.0. The Morgan fingerprint density at radius 2 is 1.71 bits per heavy atom. The molecule has 0 radical (unpaired) electrons. The molecule has 6 nitrogen and oxygen atoms in total. The van der Waals surface area contributed by atoms with Crippen LogP contribution in [0.3, 0.4) is 0 Å². The minimum absolute atomic E-state index is 0.132. The normalized spacial score (nSPS) is 22.1. The lowest BCUT2D eigenvalue weighted by molar-refractivity contribution is 0.178. The quantitative estimate of drug-likeness (QED) is 0.909. The molecule has 0 aromatic carbocycles. The summed E-state index contributed by atoms with van der Waals surface area (Å²) in [6.45, 7) is 5.47. The average Bonchev–Trinajstić information content (AvgIpc) is 3.17. The van der Waals surface area contributed by atoms with Gasteiger partial charge in [-0.3, -0.25) is 5.10 Å². The maximum atomic E-state index is 13.1. The van der Waals surface area contributed by atoms with E-state index < -0.39 is 10.0 Å². The van der Waals surface area contributed by atoms with Crippen molar-refractivity contribution in [3.05, 3.63) is 11.4 Å². The minimum atomic E-state index is -3.45. The van der Waals surface area contributed by atoms with E-state index in [0.717, 1.165) is 38.8 Å². The second-order valence-corrected chi connectivity index (χ2v) is 8.14. The zero-order valence-corrected chi connectivity index (χ0v) is 13.8. The molecule has 21 heavy (non-hydrogen) atoms. The predicted octanol–water partition coefficient (Wildman–Crippen LogP) is 1.27. The fourth-order valence-corrected chi connectivity index (χ4v) is 5.56. The molecule has 0 amide bonds. The summed E-state index contributed by atoms with van der Waals surface area (Å²) in [4.78, 5) is 2.65. The van der Waals surface area contributed by atoms with E-state index >= 15 is 0 Å². The van der Waals surface area contributed by atoms with Gasteiger partial charge >= 0.3 is 0 Å². The summed E-state index contributed by atoms with van der Waals surface area (Å²) in [5.74, 6) is 0. The number of hydrogen-bond donors (Lipinski definition) is 1. The highest BCUT2D eigenvalue weighted by Gasteiger charge is 2.44. The summed E-state index contributed by atoms with van der Waals surface area (Å²) < 4.78 is 28.1. The SMILES string of the molecule is Cc1n[nH]c(C)c1S(=O)(=O)N(C1CC1)C1CCN(C)CC1. The molecular formula is C14H24N4O2S. The summed E-state index contributed by atoms with van der Waals surface area (Å²) in [5.41, 5.74) is 1.22. The highest BCUT2D eigenvalue weighted by Crippen LogP contribution is 2.37. The van der Waals surface area contributed by atoms with Gasteiger partial charge < -0.3 is 4.90 Å². The summed E-state index contributed by atoms with van der Waals surface area (Å²) >= 11 is 0. The number of nitrogens with one attached hydrogen (secondary N) is 1. The fraction of sp³-hybridized carbons (Fsp3) is 0.786. The van der Waals surface area contributed by atoms with Crippen molar-refractivity contribution in [1.82, 2.24) is 19.4 Å². The molecule has 0 bridgehead atoms. The van der Waals surface area contributed by atoms with Crippen LogP contribution in [-0.2, 0) is 10.0 Å². The van der Waals surface area contributed by atoms with Crippen molar-refractivity contribution < 1.29 is 8.42 Å². The lowest BCUT2D eigenvalue weighted by Crippen LogP contribution is -2.47. The molecule has 0 unspecified atom stereocenters. The molecule has 0 atom stereocenters. The average molecular weight is 312 g/mol. The van der Waals surface area contributed by atoms with Crippen LogP contribution in [0.1, 0.15) is 37.1 Å². The Bertz CT molecular complexity index is 593. The molecule has 1 aromatic rings. The van der Waals surface area contributed by atoms with Gasteiger partial charge in [0.05, 0.1) is 11.4 Å². The van der Waals surface area contributed by atoms with Gasteiger partial charge in [0, 0.05) is 12.1 Å². The number of rotatable bonds is 4. The van der Waals surface area contributed by atoms with Crippen molar-refractivity contribution in [2.24, 2.45) is 0 Å². The van der Waals surface area contributed by atoms with Gasteiger partial charge in [0.15, 0.2) is 0 Å². The minimum Gasteiger partial charge on any atom is -0.306 e. The van der Waals surface area contributed by atoms with Crippen LogP contribution in [0, 0.1) is 13.8 Å². The number of nitrogens with zero attached hydrogens (tertiary/aromatic N) is 3. The van der Waals surface area contributed by atoms with Crippen LogP contribution in [-0.4, -0.2) is 60.0 Å². The van der Waals surface area contributed by atoms with Crippen molar-refractivity contribution in [3.8, 4) is 0 Å². The van der Waals surface area contributed by atoms with Crippen LogP contribution in [0.2, 0.25) is 0 Å². The monoisotopic (exact) mass is 312 g/mol. The van der Waals surface area contributed by atoms with Gasteiger partial charge in [-0.2, -0.15) is 9.40 Å². The van der Waals surface area contributed by atoms with Gasteiger partial charge in [-0.15, -0.1) is 0 Å². The van der Waals surface area contributed by atoms with E-state index in [1.54, 1.807) is 18.2 Å². The molecule has 3 rings (SSSR count). The van der Waals surface area contributed by atoms with Gasteiger partial charge in [-0.25, -0.2) is 8.42 Å². The third kappa shape index (κ3) is 2.74. The lowest BCUT2D eigenvalue weighted by atomic mass is 10.1. The third-order valence-corrected chi connectivity index (χ3v) is 6.82. The number of aromatic amines is 1. The van der Waals surface area contributed by atoms with Gasteiger partial charge in [0.1, 0.15) is 4.90 Å². The van der Waals surface area contributed by atoms with Crippen LogP contribution >= 0.6 is 0 Å². The maximum Gasteiger partial charge on any atom is 0.247 e. The van der Waals surface area contributed by atoms with Crippen molar-refractivity contribution in [3.63, 3.8) is 0 Å². The number of H-pyrrole nitrogens is 1. The first-order chi connectivity index (χ1) is 9.91. The first-order valence-corrected chi connectivity index (χ1v) is 9.09. The molecule has 2 fully saturated rings. The Morgan fingerprint density at radius 3 is 2.19 bits per heavy atom. The molecule has 1 aliphatic heterocycles. The molecule has 2 aliphatic rings. The largest absolute Gasteiger partial charge is 0.306 e. The van der Waals surface area contributed by atoms with Crippen molar-refractivity contribution in [2.45, 2.75) is 56.5 Å². The molecule has 2 heterocycles. The van der Waals surface area contributed by atoms with Crippen LogP contribution in [0.4, 0.5) is 0 Å². The number of hydrogen-bond acceptors (Lipinski definition) is 4. The number of aryl methyl sites for hydroxylation is 2. The maximum absolute atomic E-state index is 13.1. The van der Waals surface area contributed by atoms with Crippen molar-refractivity contribution in [2.75, 3.05) is 20.1 Å². The van der Waals surface area contributed by atoms with Gasteiger partial charge in [-0.1, -0.05) is 0 Å². The summed E-state index contributed by atoms with van der Waals surface area (Å²) in [7, 11) is -1.36. The highest BCUT2D eigenvalue weighted by molar-refractivity contribution is 7.89. The summed E-state index contributed by atoms with van der Waals surface area (Å²) in [6, 6.07) is 0.324. The van der Waals surface area contributed by atoms with Gasteiger partial charge in [0.2, 0.25) is 10.0 Å². The number of likely N-dealkylation sites (tertiary alicyclic amines) is 1. The topological polar surface area (TPSA) is 69.3 Å². The second kappa shape index (κ2) is 5.37. The summed E-state index contributed by atoms with van der Waals surface area (Å²) in [5, 5.41) is 6.87. The van der Waals surface area contributed by atoms with Crippen LogP contribution in [0.15, 0.2) is 4.90 Å². The van der Waals surface area contributed by atoms with Gasteiger partial charge in [0.25, 0.3) is 0 Å². The Balaban J connectivity index is 1.94. The van der Waals surface area contributed by atoms with Crippen LogP contribution in [0.25, 0.3) is 0 Å². The Hall–Kier alpha value is -0.920. The summed E-state index contributed by atoms with van der Waals surface area (Å²) in [6.07, 6.45) is 3.81. The van der Waals surface area contributed by atoms with Gasteiger partial charge in [-0.05, 0) is 59.7 Å². The lowest BCUT2D eigenvalue weighted by Gasteiger charge is -2.36. The highest BCUT2D eigenvalue weighted by atomic mass is 32.2. The molecule has 1 aromatic heterocycles. The fourth-order valence-electron chi connectivity index (χ4n) is 3.30. The first kappa shape index (κ1) is 15.0. The molecule has 7 heteroatoms. The second-order valence-electron chi connectivity index (χ2n) is 6.36. The number of piperidine rings is 1. The van der Waals surface area contributed by atoms with Crippen LogP contribution < -0.4 is 0 Å². The zero-order chi connectivity index (χ0) is 15.2. The first-order valence-electron chi connectivity index (χ1n) is 7.65. The molecular weight excluding hydrogens is 288 g/mol. The Morgan fingerprint density at radius 1 is 1.14 bits per heavy atom. The van der Waals surface area contributed by atoms with E-state index in [0.29, 0.717) is 16.3 Å². The standard InChI is InChI=1S/C14H24N4O2S/c1-10-14(11(2)16-15-10)21(19,20)18(12-4-5-12)13-6-8-17(3)9-7-13/h12-13H,4-9H2,1-3H3,(H,15,16).